The van der Waals surface area contributed by atoms with Crippen LogP contribution in [0.1, 0.15) is 61.3 Å². The van der Waals surface area contributed by atoms with Gasteiger partial charge in [-0.25, -0.2) is 0 Å². The number of nitrogens with zero attached hydrogens (tertiary/aromatic N) is 2. The van der Waals surface area contributed by atoms with E-state index in [1.54, 1.807) is 5.57 Å². The maximum absolute atomic E-state index is 5.14. The molecule has 30 heavy (non-hydrogen) atoms. The second kappa shape index (κ2) is 10.3. The SMILES string of the molecule is CC(=Nc1c(C)cccc1C)C(CCCCC1=CC=CC1)=Nc1c(C)cccc1C. The van der Waals surface area contributed by atoms with Crippen molar-refractivity contribution in [2.75, 3.05) is 0 Å². The summed E-state index contributed by atoms with van der Waals surface area (Å²) in [5.41, 5.74) is 10.7. The van der Waals surface area contributed by atoms with Gasteiger partial charge in [0.2, 0.25) is 0 Å². The summed E-state index contributed by atoms with van der Waals surface area (Å²) >= 11 is 0. The van der Waals surface area contributed by atoms with Crippen molar-refractivity contribution >= 4 is 22.8 Å². The fourth-order valence-electron chi connectivity index (χ4n) is 3.97. The van der Waals surface area contributed by atoms with E-state index in [2.05, 4.69) is 89.2 Å². The second-order valence-corrected chi connectivity index (χ2v) is 8.40. The number of rotatable bonds is 8. The molecular formula is C28H34N2. The normalized spacial score (nSPS) is 14.4. The first-order valence-corrected chi connectivity index (χ1v) is 11.1. The molecule has 2 heteroatoms. The van der Waals surface area contributed by atoms with E-state index >= 15 is 0 Å². The number of hydrogen-bond donors (Lipinski definition) is 0. The van der Waals surface area contributed by atoms with E-state index in [9.17, 15) is 0 Å². The van der Waals surface area contributed by atoms with Crippen molar-refractivity contribution in [2.45, 2.75) is 66.7 Å². The van der Waals surface area contributed by atoms with E-state index in [1.165, 1.54) is 35.1 Å². The summed E-state index contributed by atoms with van der Waals surface area (Å²) < 4.78 is 0. The van der Waals surface area contributed by atoms with Gasteiger partial charge in [0.25, 0.3) is 0 Å². The van der Waals surface area contributed by atoms with E-state index in [0.29, 0.717) is 0 Å². The molecule has 0 spiro atoms. The molecular weight excluding hydrogens is 364 g/mol. The predicted octanol–water partition coefficient (Wildman–Crippen LogP) is 8.23. The minimum absolute atomic E-state index is 0.953. The first-order valence-electron chi connectivity index (χ1n) is 11.1. The topological polar surface area (TPSA) is 24.7 Å². The zero-order chi connectivity index (χ0) is 21.5. The van der Waals surface area contributed by atoms with Crippen LogP contribution in [0.2, 0.25) is 0 Å². The Bertz CT molecular complexity index is 978. The Morgan fingerprint density at radius 3 is 1.90 bits per heavy atom. The van der Waals surface area contributed by atoms with Crippen LogP contribution in [0.4, 0.5) is 11.4 Å². The lowest BCUT2D eigenvalue weighted by molar-refractivity contribution is 0.751. The Morgan fingerprint density at radius 1 is 0.800 bits per heavy atom. The summed E-state index contributed by atoms with van der Waals surface area (Å²) in [6.45, 7) is 10.7. The molecule has 2 aromatic carbocycles. The number of para-hydroxylation sites is 2. The molecule has 0 unspecified atom stereocenters. The molecule has 2 nitrogen and oxygen atoms in total. The fourth-order valence-corrected chi connectivity index (χ4v) is 3.97. The van der Waals surface area contributed by atoms with Gasteiger partial charge in [-0.2, -0.15) is 0 Å². The Kier molecular flexibility index (Phi) is 7.57. The molecule has 0 bridgehead atoms. The molecule has 1 aliphatic carbocycles. The van der Waals surface area contributed by atoms with Gasteiger partial charge in [0, 0.05) is 0 Å². The van der Waals surface area contributed by atoms with Gasteiger partial charge in [0.05, 0.1) is 22.8 Å². The molecule has 0 amide bonds. The third-order valence-electron chi connectivity index (χ3n) is 5.83. The highest BCUT2D eigenvalue weighted by Crippen LogP contribution is 2.27. The molecule has 1 aliphatic rings. The Hall–Kier alpha value is -2.74. The van der Waals surface area contributed by atoms with E-state index in [-0.39, 0.29) is 0 Å². The van der Waals surface area contributed by atoms with Crippen LogP contribution < -0.4 is 0 Å². The van der Waals surface area contributed by atoms with Crippen molar-refractivity contribution in [1.29, 1.82) is 0 Å². The van der Waals surface area contributed by atoms with Crippen LogP contribution in [0.5, 0.6) is 0 Å². The molecule has 0 saturated heterocycles. The van der Waals surface area contributed by atoms with Gasteiger partial charge in [-0.05, 0) is 89.0 Å². The average Bonchev–Trinajstić information content (AvgIpc) is 3.23. The summed E-state index contributed by atoms with van der Waals surface area (Å²) in [5, 5.41) is 0. The lowest BCUT2D eigenvalue weighted by atomic mass is 10.0. The molecule has 0 heterocycles. The zero-order valence-electron chi connectivity index (χ0n) is 19.1. The molecule has 3 rings (SSSR count). The van der Waals surface area contributed by atoms with Gasteiger partial charge in [0.15, 0.2) is 0 Å². The molecule has 156 valence electrons. The number of aryl methyl sites for hydroxylation is 4. The molecule has 0 aliphatic heterocycles. The van der Waals surface area contributed by atoms with Gasteiger partial charge in [-0.15, -0.1) is 0 Å². The van der Waals surface area contributed by atoms with Crippen LogP contribution in [0.15, 0.2) is 70.2 Å². The molecule has 2 aromatic rings. The largest absolute Gasteiger partial charge is 0.251 e. The molecule has 0 radical (unpaired) electrons. The second-order valence-electron chi connectivity index (χ2n) is 8.40. The molecule has 0 saturated carbocycles. The van der Waals surface area contributed by atoms with Gasteiger partial charge < -0.3 is 0 Å². The number of hydrogen-bond acceptors (Lipinski definition) is 2. The van der Waals surface area contributed by atoms with Crippen molar-refractivity contribution in [3.63, 3.8) is 0 Å². The van der Waals surface area contributed by atoms with E-state index in [0.717, 1.165) is 42.1 Å². The van der Waals surface area contributed by atoms with Gasteiger partial charge >= 0.3 is 0 Å². The van der Waals surface area contributed by atoms with Crippen LogP contribution in [0.25, 0.3) is 0 Å². The third-order valence-corrected chi connectivity index (χ3v) is 5.83. The standard InChI is InChI=1S/C28H34N2/c1-20-12-10-13-21(2)27(20)29-24(5)26(19-9-8-18-25-16-6-7-17-25)30-28-22(3)14-11-15-23(28)4/h6-7,10-16H,8-9,17-19H2,1-5H3. The van der Waals surface area contributed by atoms with Crippen LogP contribution in [0, 0.1) is 27.7 Å². The van der Waals surface area contributed by atoms with Crippen LogP contribution in [-0.2, 0) is 0 Å². The third kappa shape index (κ3) is 5.66. The number of benzene rings is 2. The van der Waals surface area contributed by atoms with Crippen molar-refractivity contribution in [3.8, 4) is 0 Å². The molecule has 0 fully saturated rings. The fraction of sp³-hybridized carbons (Fsp3) is 0.357. The summed E-state index contributed by atoms with van der Waals surface area (Å²) in [7, 11) is 0. The Balaban J connectivity index is 1.86. The van der Waals surface area contributed by atoms with E-state index < -0.39 is 0 Å². The smallest absolute Gasteiger partial charge is 0.0692 e. The summed E-state index contributed by atoms with van der Waals surface area (Å²) in [6, 6.07) is 12.7. The quantitative estimate of drug-likeness (QED) is 0.316. The van der Waals surface area contributed by atoms with Gasteiger partial charge in [0.1, 0.15) is 0 Å². The van der Waals surface area contributed by atoms with Crippen molar-refractivity contribution in [2.24, 2.45) is 9.98 Å². The van der Waals surface area contributed by atoms with E-state index in [4.69, 9.17) is 9.98 Å². The van der Waals surface area contributed by atoms with Crippen molar-refractivity contribution in [1.82, 2.24) is 0 Å². The summed E-state index contributed by atoms with van der Waals surface area (Å²) in [4.78, 5) is 10.2. The number of allylic oxidation sites excluding steroid dienone is 4. The minimum atomic E-state index is 0.953. The summed E-state index contributed by atoms with van der Waals surface area (Å²) in [5.74, 6) is 0. The molecule has 0 N–H and O–H groups in total. The lowest BCUT2D eigenvalue weighted by Crippen LogP contribution is -2.11. The maximum Gasteiger partial charge on any atom is 0.0692 e. The first-order chi connectivity index (χ1) is 14.5. The predicted molar refractivity (Wildman–Crippen MR) is 132 cm³/mol. The average molecular weight is 399 g/mol. The van der Waals surface area contributed by atoms with Crippen molar-refractivity contribution < 1.29 is 0 Å². The highest BCUT2D eigenvalue weighted by Gasteiger charge is 2.10. The van der Waals surface area contributed by atoms with Crippen LogP contribution >= 0.6 is 0 Å². The Labute approximate surface area is 182 Å². The van der Waals surface area contributed by atoms with Crippen molar-refractivity contribution in [3.05, 3.63) is 82.5 Å². The molecule has 0 atom stereocenters. The summed E-state index contributed by atoms with van der Waals surface area (Å²) in [6.07, 6.45) is 12.2. The molecule has 0 aromatic heterocycles. The van der Waals surface area contributed by atoms with Crippen LogP contribution in [-0.4, -0.2) is 11.4 Å². The monoisotopic (exact) mass is 398 g/mol. The van der Waals surface area contributed by atoms with Gasteiger partial charge in [-0.3, -0.25) is 9.98 Å². The highest BCUT2D eigenvalue weighted by atomic mass is 14.8. The lowest BCUT2D eigenvalue weighted by Gasteiger charge is -2.12. The first kappa shape index (κ1) is 22.0. The minimum Gasteiger partial charge on any atom is -0.251 e. The highest BCUT2D eigenvalue weighted by molar-refractivity contribution is 6.42. The van der Waals surface area contributed by atoms with Crippen LogP contribution in [0.3, 0.4) is 0 Å². The maximum atomic E-state index is 5.14. The number of unbranched alkanes of at least 4 members (excludes halogenated alkanes) is 1. The number of aliphatic imine (C=N–C) groups is 2. The zero-order valence-corrected chi connectivity index (χ0v) is 19.1. The van der Waals surface area contributed by atoms with E-state index in [1.807, 2.05) is 0 Å². The Morgan fingerprint density at radius 2 is 1.37 bits per heavy atom. The van der Waals surface area contributed by atoms with Gasteiger partial charge in [-0.1, -0.05) is 60.2 Å².